The van der Waals surface area contributed by atoms with Crippen molar-refractivity contribution < 1.29 is 23.7 Å². The normalized spacial score (nSPS) is 17.4. The fourth-order valence-corrected chi connectivity index (χ4v) is 3.78. The molecule has 2 aromatic carbocycles. The number of aryl methyl sites for hydroxylation is 1. The number of rotatable bonds is 7. The molecule has 1 fully saturated rings. The molecular formula is C23H24N4O5. The molecule has 1 saturated heterocycles. The minimum Gasteiger partial charge on any atom is -0.491 e. The minimum absolute atomic E-state index is 0.119. The number of benzene rings is 2. The number of carbonyl (C=O) groups is 1. The number of fused-ring (bicyclic) bond motifs is 1. The summed E-state index contributed by atoms with van der Waals surface area (Å²) in [4.78, 5) is 18.5. The van der Waals surface area contributed by atoms with E-state index < -0.39 is 0 Å². The van der Waals surface area contributed by atoms with E-state index in [1.54, 1.807) is 11.0 Å². The first kappa shape index (κ1) is 20.3. The summed E-state index contributed by atoms with van der Waals surface area (Å²) >= 11 is 0. The number of morpholine rings is 1. The summed E-state index contributed by atoms with van der Waals surface area (Å²) in [6, 6.07) is 13.4. The highest BCUT2D eigenvalue weighted by Crippen LogP contribution is 2.32. The third-order valence-electron chi connectivity index (χ3n) is 5.51. The monoisotopic (exact) mass is 436 g/mol. The standard InChI is InChI=1S/C23H24N4O5/c28-23(8-2-17-1-7-21-22(11-17)32-16-31-21)26-9-10-29-20(12-26)13-30-19-5-3-18(4-6-19)27-15-24-14-25-27/h1,3-7,11,14-15,20H,2,8-10,12-13,16H2. The van der Waals surface area contributed by atoms with Crippen LogP contribution in [0.3, 0.4) is 0 Å². The molecule has 0 radical (unpaired) electrons. The Hall–Kier alpha value is -3.59. The van der Waals surface area contributed by atoms with E-state index >= 15 is 0 Å². The van der Waals surface area contributed by atoms with Crippen LogP contribution in [0.4, 0.5) is 0 Å². The largest absolute Gasteiger partial charge is 0.491 e. The number of ether oxygens (including phenoxy) is 4. The summed E-state index contributed by atoms with van der Waals surface area (Å²) in [5, 5.41) is 4.11. The summed E-state index contributed by atoms with van der Waals surface area (Å²) in [5.41, 5.74) is 1.97. The molecule has 0 bridgehead atoms. The second-order valence-corrected chi connectivity index (χ2v) is 7.67. The fraction of sp³-hybridized carbons (Fsp3) is 0.348. The van der Waals surface area contributed by atoms with Gasteiger partial charge < -0.3 is 23.8 Å². The molecule has 1 atom stereocenters. The van der Waals surface area contributed by atoms with Crippen LogP contribution in [0.5, 0.6) is 17.2 Å². The predicted octanol–water partition coefficient (Wildman–Crippen LogP) is 2.24. The molecule has 1 aromatic heterocycles. The number of hydrogen-bond donors (Lipinski definition) is 0. The van der Waals surface area contributed by atoms with E-state index in [4.69, 9.17) is 18.9 Å². The van der Waals surface area contributed by atoms with Gasteiger partial charge in [0.2, 0.25) is 12.7 Å². The van der Waals surface area contributed by atoms with Crippen molar-refractivity contribution in [1.82, 2.24) is 19.7 Å². The predicted molar refractivity (Wildman–Crippen MR) is 114 cm³/mol. The Labute approximate surface area is 185 Å². The smallest absolute Gasteiger partial charge is 0.231 e. The van der Waals surface area contributed by atoms with Crippen LogP contribution in [0.1, 0.15) is 12.0 Å². The zero-order chi connectivity index (χ0) is 21.8. The van der Waals surface area contributed by atoms with Crippen LogP contribution >= 0.6 is 0 Å². The van der Waals surface area contributed by atoms with Crippen LogP contribution in [0.25, 0.3) is 5.69 Å². The highest BCUT2D eigenvalue weighted by molar-refractivity contribution is 5.76. The molecule has 2 aliphatic rings. The zero-order valence-corrected chi connectivity index (χ0v) is 17.6. The topological polar surface area (TPSA) is 87.9 Å². The first-order valence-corrected chi connectivity index (χ1v) is 10.6. The lowest BCUT2D eigenvalue weighted by molar-refractivity contribution is -0.139. The molecule has 1 unspecified atom stereocenters. The van der Waals surface area contributed by atoms with Crippen molar-refractivity contribution in [2.45, 2.75) is 18.9 Å². The summed E-state index contributed by atoms with van der Waals surface area (Å²) in [6.07, 6.45) is 4.08. The van der Waals surface area contributed by atoms with Crippen LogP contribution in [0.2, 0.25) is 0 Å². The maximum atomic E-state index is 12.7. The van der Waals surface area contributed by atoms with E-state index in [0.29, 0.717) is 39.1 Å². The van der Waals surface area contributed by atoms with Crippen molar-refractivity contribution in [3.63, 3.8) is 0 Å². The third-order valence-corrected chi connectivity index (χ3v) is 5.51. The summed E-state index contributed by atoms with van der Waals surface area (Å²) < 4.78 is 24.1. The lowest BCUT2D eigenvalue weighted by atomic mass is 10.1. The third kappa shape index (κ3) is 4.67. The molecule has 3 heterocycles. The Kier molecular flexibility index (Phi) is 5.89. The second-order valence-electron chi connectivity index (χ2n) is 7.67. The van der Waals surface area contributed by atoms with Crippen molar-refractivity contribution >= 4 is 5.91 Å². The Morgan fingerprint density at radius 2 is 2.00 bits per heavy atom. The second kappa shape index (κ2) is 9.27. The maximum Gasteiger partial charge on any atom is 0.231 e. The van der Waals surface area contributed by atoms with Crippen molar-refractivity contribution in [2.75, 3.05) is 33.1 Å². The summed E-state index contributed by atoms with van der Waals surface area (Å²) in [7, 11) is 0. The Morgan fingerprint density at radius 3 is 2.84 bits per heavy atom. The van der Waals surface area contributed by atoms with Gasteiger partial charge in [-0.1, -0.05) is 6.07 Å². The van der Waals surface area contributed by atoms with Crippen molar-refractivity contribution in [2.24, 2.45) is 0 Å². The molecule has 0 saturated carbocycles. The van der Waals surface area contributed by atoms with Gasteiger partial charge in [0.15, 0.2) is 11.5 Å². The van der Waals surface area contributed by atoms with Crippen LogP contribution < -0.4 is 14.2 Å². The van der Waals surface area contributed by atoms with Gasteiger partial charge in [-0.15, -0.1) is 0 Å². The highest BCUT2D eigenvalue weighted by atomic mass is 16.7. The fourth-order valence-electron chi connectivity index (χ4n) is 3.78. The minimum atomic E-state index is -0.159. The van der Waals surface area contributed by atoms with Gasteiger partial charge in [-0.2, -0.15) is 5.10 Å². The van der Waals surface area contributed by atoms with Gasteiger partial charge in [-0.05, 0) is 48.4 Å². The van der Waals surface area contributed by atoms with E-state index in [2.05, 4.69) is 10.1 Å². The lowest BCUT2D eigenvalue weighted by Crippen LogP contribution is -2.47. The van der Waals surface area contributed by atoms with Crippen molar-refractivity contribution in [3.05, 3.63) is 60.7 Å². The molecule has 3 aromatic rings. The number of nitrogens with zero attached hydrogens (tertiary/aromatic N) is 4. The van der Waals surface area contributed by atoms with Gasteiger partial charge >= 0.3 is 0 Å². The highest BCUT2D eigenvalue weighted by Gasteiger charge is 2.25. The van der Waals surface area contributed by atoms with Gasteiger partial charge in [-0.25, -0.2) is 9.67 Å². The molecule has 32 heavy (non-hydrogen) atoms. The SMILES string of the molecule is O=C(CCc1ccc2c(c1)OCO2)N1CCOC(COc2ccc(-n3cncn3)cc2)C1. The molecule has 0 N–H and O–H groups in total. The van der Waals surface area contributed by atoms with Crippen molar-refractivity contribution in [1.29, 1.82) is 0 Å². The first-order valence-electron chi connectivity index (χ1n) is 10.6. The summed E-state index contributed by atoms with van der Waals surface area (Å²) in [6.45, 7) is 2.27. The van der Waals surface area contributed by atoms with Gasteiger partial charge in [0.05, 0.1) is 18.8 Å². The quantitative estimate of drug-likeness (QED) is 0.561. The number of carbonyl (C=O) groups excluding carboxylic acids is 1. The van der Waals surface area contributed by atoms with E-state index in [-0.39, 0.29) is 18.8 Å². The maximum absolute atomic E-state index is 12.7. The van der Waals surface area contributed by atoms with Gasteiger partial charge in [-0.3, -0.25) is 4.79 Å². The molecule has 1 amide bonds. The number of amides is 1. The molecule has 166 valence electrons. The zero-order valence-electron chi connectivity index (χ0n) is 17.6. The van der Waals surface area contributed by atoms with E-state index in [0.717, 1.165) is 28.5 Å². The Morgan fingerprint density at radius 1 is 1.12 bits per heavy atom. The summed E-state index contributed by atoms with van der Waals surface area (Å²) in [5.74, 6) is 2.36. The molecule has 9 nitrogen and oxygen atoms in total. The Balaban J connectivity index is 1.09. The van der Waals surface area contributed by atoms with Crippen LogP contribution in [0, 0.1) is 0 Å². The van der Waals surface area contributed by atoms with E-state index in [1.807, 2.05) is 47.4 Å². The van der Waals surface area contributed by atoms with Crippen LogP contribution in [-0.2, 0) is 16.0 Å². The van der Waals surface area contributed by atoms with Gasteiger partial charge in [0, 0.05) is 13.0 Å². The molecular weight excluding hydrogens is 412 g/mol. The molecule has 0 aliphatic carbocycles. The average Bonchev–Trinajstić information content (AvgIpc) is 3.54. The molecule has 5 rings (SSSR count). The van der Waals surface area contributed by atoms with Crippen molar-refractivity contribution in [3.8, 4) is 22.9 Å². The Bertz CT molecular complexity index is 1050. The van der Waals surface area contributed by atoms with E-state index in [9.17, 15) is 4.79 Å². The lowest BCUT2D eigenvalue weighted by Gasteiger charge is -2.33. The molecule has 2 aliphatic heterocycles. The first-order chi connectivity index (χ1) is 15.7. The van der Waals surface area contributed by atoms with Crippen LogP contribution in [-0.4, -0.2) is 64.8 Å². The van der Waals surface area contributed by atoms with Gasteiger partial charge in [0.25, 0.3) is 0 Å². The average molecular weight is 436 g/mol. The molecule has 9 heteroatoms. The van der Waals surface area contributed by atoms with Gasteiger partial charge in [0.1, 0.15) is 31.1 Å². The molecule has 0 spiro atoms. The van der Waals surface area contributed by atoms with Crippen LogP contribution in [0.15, 0.2) is 55.1 Å². The number of aromatic nitrogens is 3. The number of hydrogen-bond acceptors (Lipinski definition) is 7. The van der Waals surface area contributed by atoms with E-state index in [1.165, 1.54) is 6.33 Å².